The van der Waals surface area contributed by atoms with Gasteiger partial charge in [-0.15, -0.1) is 12.4 Å². The Morgan fingerprint density at radius 3 is 2.42 bits per heavy atom. The van der Waals surface area contributed by atoms with Crippen molar-refractivity contribution in [3.8, 4) is 0 Å². The lowest BCUT2D eigenvalue weighted by Crippen LogP contribution is -2.06. The zero-order chi connectivity index (χ0) is 8.43. The summed E-state index contributed by atoms with van der Waals surface area (Å²) in [5, 5.41) is 0. The van der Waals surface area contributed by atoms with Gasteiger partial charge < -0.3 is 10.2 Å². The van der Waals surface area contributed by atoms with E-state index >= 15 is 0 Å². The molecule has 0 amide bonds. The minimum atomic E-state index is 0. The third-order valence-corrected chi connectivity index (χ3v) is 1.99. The van der Waals surface area contributed by atoms with E-state index in [9.17, 15) is 0 Å². The number of rotatable bonds is 2. The molecule has 0 bridgehead atoms. The fourth-order valence-electron chi connectivity index (χ4n) is 0.986. The molecule has 0 saturated heterocycles. The van der Waals surface area contributed by atoms with Crippen LogP contribution in [0.1, 0.15) is 36.5 Å². The van der Waals surface area contributed by atoms with Crippen LogP contribution in [-0.2, 0) is 0 Å². The molecule has 0 aliphatic heterocycles. The highest BCUT2D eigenvalue weighted by Gasteiger charge is 2.09. The zero-order valence-corrected chi connectivity index (χ0v) is 8.57. The summed E-state index contributed by atoms with van der Waals surface area (Å²) in [6.45, 7) is 6.05. The number of hydrogen-bond donors (Lipinski definition) is 1. The highest BCUT2D eigenvalue weighted by atomic mass is 35.5. The minimum Gasteiger partial charge on any atom is -0.464 e. The Bertz CT molecular complexity index is 225. The van der Waals surface area contributed by atoms with Crippen LogP contribution in [-0.4, -0.2) is 0 Å². The van der Waals surface area contributed by atoms with E-state index in [-0.39, 0.29) is 18.4 Å². The Labute approximate surface area is 79.5 Å². The second kappa shape index (κ2) is 4.53. The van der Waals surface area contributed by atoms with Crippen LogP contribution in [0.5, 0.6) is 0 Å². The molecule has 0 aromatic carbocycles. The molecule has 70 valence electrons. The average molecular weight is 190 g/mol. The molecule has 0 fully saturated rings. The zero-order valence-electron chi connectivity index (χ0n) is 7.76. The van der Waals surface area contributed by atoms with E-state index in [4.69, 9.17) is 10.2 Å². The summed E-state index contributed by atoms with van der Waals surface area (Å²) in [5.41, 5.74) is 6.97. The van der Waals surface area contributed by atoms with Crippen molar-refractivity contribution in [1.29, 1.82) is 0 Å². The van der Waals surface area contributed by atoms with Crippen LogP contribution >= 0.6 is 12.4 Å². The van der Waals surface area contributed by atoms with Crippen molar-refractivity contribution in [2.75, 3.05) is 0 Å². The Morgan fingerprint density at radius 2 is 2.08 bits per heavy atom. The predicted molar refractivity (Wildman–Crippen MR) is 52.6 cm³/mol. The summed E-state index contributed by atoms with van der Waals surface area (Å²) in [6.07, 6.45) is 0.923. The molecule has 1 aromatic rings. The number of aryl methyl sites for hydroxylation is 2. The summed E-state index contributed by atoms with van der Waals surface area (Å²) in [4.78, 5) is 0. The smallest absolute Gasteiger partial charge is 0.121 e. The molecule has 0 unspecified atom stereocenters. The predicted octanol–water partition coefficient (Wildman–Crippen LogP) is 2.73. The SMILES string of the molecule is CC[C@@H](N)c1cc(C)c(C)o1.Cl. The third kappa shape index (κ3) is 2.26. The molecule has 2 nitrogen and oxygen atoms in total. The van der Waals surface area contributed by atoms with Crippen LogP contribution in [0, 0.1) is 13.8 Å². The van der Waals surface area contributed by atoms with E-state index in [2.05, 4.69) is 6.92 Å². The Kier molecular flexibility index (Phi) is 4.35. The van der Waals surface area contributed by atoms with Gasteiger partial charge in [0.25, 0.3) is 0 Å². The molecule has 0 spiro atoms. The monoisotopic (exact) mass is 189 g/mol. The molecule has 12 heavy (non-hydrogen) atoms. The molecular formula is C9H16ClNO. The van der Waals surface area contributed by atoms with E-state index in [1.165, 1.54) is 5.56 Å². The lowest BCUT2D eigenvalue weighted by atomic mass is 10.2. The Hall–Kier alpha value is -0.470. The van der Waals surface area contributed by atoms with E-state index in [0.29, 0.717) is 0 Å². The minimum absolute atomic E-state index is 0. The van der Waals surface area contributed by atoms with Gasteiger partial charge in [-0.1, -0.05) is 6.92 Å². The Morgan fingerprint density at radius 1 is 1.50 bits per heavy atom. The molecular weight excluding hydrogens is 174 g/mol. The fourth-order valence-corrected chi connectivity index (χ4v) is 0.986. The van der Waals surface area contributed by atoms with Gasteiger partial charge >= 0.3 is 0 Å². The first-order chi connectivity index (χ1) is 5.15. The van der Waals surface area contributed by atoms with Crippen LogP contribution in [0.2, 0.25) is 0 Å². The number of halogens is 1. The third-order valence-electron chi connectivity index (χ3n) is 1.99. The normalized spacial score (nSPS) is 12.3. The largest absolute Gasteiger partial charge is 0.464 e. The number of hydrogen-bond acceptors (Lipinski definition) is 2. The van der Waals surface area contributed by atoms with Crippen LogP contribution in [0.25, 0.3) is 0 Å². The highest BCUT2D eigenvalue weighted by Crippen LogP contribution is 2.19. The maximum absolute atomic E-state index is 5.78. The van der Waals surface area contributed by atoms with Crippen molar-refractivity contribution >= 4 is 12.4 Å². The van der Waals surface area contributed by atoms with Gasteiger partial charge in [-0.05, 0) is 31.9 Å². The van der Waals surface area contributed by atoms with Crippen molar-refractivity contribution in [2.45, 2.75) is 33.2 Å². The molecule has 0 saturated carbocycles. The van der Waals surface area contributed by atoms with Crippen LogP contribution in [0.3, 0.4) is 0 Å². The first kappa shape index (κ1) is 11.5. The molecule has 1 aromatic heterocycles. The van der Waals surface area contributed by atoms with Gasteiger partial charge in [0.2, 0.25) is 0 Å². The quantitative estimate of drug-likeness (QED) is 0.777. The van der Waals surface area contributed by atoms with Crippen molar-refractivity contribution in [1.82, 2.24) is 0 Å². The molecule has 1 heterocycles. The van der Waals surface area contributed by atoms with E-state index in [0.717, 1.165) is 17.9 Å². The van der Waals surface area contributed by atoms with E-state index in [1.807, 2.05) is 19.9 Å². The molecule has 0 radical (unpaired) electrons. The summed E-state index contributed by atoms with van der Waals surface area (Å²) in [5.74, 6) is 1.88. The van der Waals surface area contributed by atoms with Gasteiger partial charge in [0, 0.05) is 0 Å². The molecule has 1 atom stereocenters. The van der Waals surface area contributed by atoms with E-state index in [1.54, 1.807) is 0 Å². The molecule has 0 aliphatic carbocycles. The van der Waals surface area contributed by atoms with Gasteiger partial charge in [-0.3, -0.25) is 0 Å². The lowest BCUT2D eigenvalue weighted by molar-refractivity contribution is 0.440. The van der Waals surface area contributed by atoms with E-state index < -0.39 is 0 Å². The maximum Gasteiger partial charge on any atom is 0.121 e. The Balaban J connectivity index is 0.00000121. The highest BCUT2D eigenvalue weighted by molar-refractivity contribution is 5.85. The van der Waals surface area contributed by atoms with Gasteiger partial charge in [-0.2, -0.15) is 0 Å². The first-order valence-corrected chi connectivity index (χ1v) is 3.97. The van der Waals surface area contributed by atoms with Gasteiger partial charge in [0.1, 0.15) is 11.5 Å². The van der Waals surface area contributed by atoms with Crippen LogP contribution < -0.4 is 5.73 Å². The van der Waals surface area contributed by atoms with Crippen LogP contribution in [0.15, 0.2) is 10.5 Å². The lowest BCUT2D eigenvalue weighted by Gasteiger charge is -2.02. The van der Waals surface area contributed by atoms with Crippen molar-refractivity contribution in [3.05, 3.63) is 23.2 Å². The number of nitrogens with two attached hydrogens (primary N) is 1. The molecule has 0 aliphatic rings. The molecule has 3 heteroatoms. The maximum atomic E-state index is 5.78. The summed E-state index contributed by atoms with van der Waals surface area (Å²) in [7, 11) is 0. The van der Waals surface area contributed by atoms with Crippen molar-refractivity contribution in [2.24, 2.45) is 5.73 Å². The second-order valence-electron chi connectivity index (χ2n) is 2.90. The van der Waals surface area contributed by atoms with Gasteiger partial charge in [0.15, 0.2) is 0 Å². The average Bonchev–Trinajstić information content (AvgIpc) is 2.31. The molecule has 1 rings (SSSR count). The van der Waals surface area contributed by atoms with Gasteiger partial charge in [0.05, 0.1) is 6.04 Å². The van der Waals surface area contributed by atoms with Crippen molar-refractivity contribution < 1.29 is 4.42 Å². The van der Waals surface area contributed by atoms with Gasteiger partial charge in [-0.25, -0.2) is 0 Å². The summed E-state index contributed by atoms with van der Waals surface area (Å²) >= 11 is 0. The first-order valence-electron chi connectivity index (χ1n) is 3.97. The summed E-state index contributed by atoms with van der Waals surface area (Å²) in [6, 6.07) is 2.08. The van der Waals surface area contributed by atoms with Crippen LogP contribution in [0.4, 0.5) is 0 Å². The second-order valence-corrected chi connectivity index (χ2v) is 2.90. The standard InChI is InChI=1S/C9H15NO.ClH/c1-4-8(10)9-5-6(2)7(3)11-9;/h5,8H,4,10H2,1-3H3;1H/t8-;/m1./s1. The topological polar surface area (TPSA) is 39.2 Å². The fraction of sp³-hybridized carbons (Fsp3) is 0.556. The summed E-state index contributed by atoms with van der Waals surface area (Å²) < 4.78 is 5.44. The number of furan rings is 1. The molecule has 2 N–H and O–H groups in total. The van der Waals surface area contributed by atoms with Crippen molar-refractivity contribution in [3.63, 3.8) is 0 Å².